The van der Waals surface area contributed by atoms with Gasteiger partial charge in [0.15, 0.2) is 0 Å². The lowest BCUT2D eigenvalue weighted by atomic mass is 10.3. The van der Waals surface area contributed by atoms with Gasteiger partial charge in [0.2, 0.25) is 0 Å². The fourth-order valence-electron chi connectivity index (χ4n) is 1.16. The predicted molar refractivity (Wildman–Crippen MR) is 44.0 cm³/mol. The third kappa shape index (κ3) is 2.59. The average Bonchev–Trinajstić information content (AvgIpc) is 2.34. The Kier molecular flexibility index (Phi) is 3.44. The number of rotatable bonds is 3. The molecule has 1 heterocycles. The summed E-state index contributed by atoms with van der Waals surface area (Å²) in [7, 11) is 0. The largest absolute Gasteiger partial charge is 0.313 e. The minimum atomic E-state index is 0.829. The van der Waals surface area contributed by atoms with Crippen LogP contribution in [0.15, 0.2) is 0 Å². The van der Waals surface area contributed by atoms with Crippen molar-refractivity contribution in [2.45, 2.75) is 25.8 Å². The number of hydrogen-bond acceptors (Lipinski definition) is 2. The van der Waals surface area contributed by atoms with Gasteiger partial charge in [0.05, 0.1) is 0 Å². The third-order valence-electron chi connectivity index (χ3n) is 1.69. The summed E-state index contributed by atoms with van der Waals surface area (Å²) in [6.45, 7) is 3.47. The van der Waals surface area contributed by atoms with Gasteiger partial charge in [-0.1, -0.05) is 6.92 Å². The fourth-order valence-corrected chi connectivity index (χ4v) is 1.96. The first kappa shape index (κ1) is 7.42. The van der Waals surface area contributed by atoms with Crippen LogP contribution in [0.25, 0.3) is 0 Å². The summed E-state index contributed by atoms with van der Waals surface area (Å²) in [4.78, 5) is 0. The second kappa shape index (κ2) is 4.18. The van der Waals surface area contributed by atoms with Crippen molar-refractivity contribution in [3.8, 4) is 0 Å². The highest BCUT2D eigenvalue weighted by atomic mass is 32.2. The van der Waals surface area contributed by atoms with E-state index in [9.17, 15) is 0 Å². The SMILES string of the molecule is CCSC[C@@H]1CCCN1. The van der Waals surface area contributed by atoms with Crippen LogP contribution in [-0.2, 0) is 0 Å². The molecule has 0 aromatic carbocycles. The van der Waals surface area contributed by atoms with Gasteiger partial charge in [-0.25, -0.2) is 0 Å². The maximum Gasteiger partial charge on any atom is 0.0158 e. The van der Waals surface area contributed by atoms with E-state index in [-0.39, 0.29) is 0 Å². The first-order chi connectivity index (χ1) is 4.43. The molecule has 0 spiro atoms. The number of nitrogens with one attached hydrogen (secondary N) is 1. The van der Waals surface area contributed by atoms with Crippen molar-refractivity contribution in [1.29, 1.82) is 0 Å². The molecule has 1 saturated heterocycles. The Balaban J connectivity index is 1.98. The zero-order valence-corrected chi connectivity index (χ0v) is 6.84. The summed E-state index contributed by atoms with van der Waals surface area (Å²) in [5.41, 5.74) is 0. The van der Waals surface area contributed by atoms with Crippen LogP contribution in [0, 0.1) is 0 Å². The van der Waals surface area contributed by atoms with Crippen molar-refractivity contribution >= 4 is 11.8 Å². The summed E-state index contributed by atoms with van der Waals surface area (Å²) >= 11 is 2.04. The van der Waals surface area contributed by atoms with Gasteiger partial charge in [-0.15, -0.1) is 0 Å². The third-order valence-corrected chi connectivity index (χ3v) is 2.73. The van der Waals surface area contributed by atoms with E-state index in [0.29, 0.717) is 0 Å². The molecule has 1 aliphatic rings. The van der Waals surface area contributed by atoms with Gasteiger partial charge in [-0.2, -0.15) is 11.8 Å². The number of thioether (sulfide) groups is 1. The molecule has 0 aliphatic carbocycles. The molecule has 54 valence electrons. The van der Waals surface area contributed by atoms with Gasteiger partial charge in [0.1, 0.15) is 0 Å². The molecule has 0 amide bonds. The van der Waals surface area contributed by atoms with Crippen LogP contribution in [0.2, 0.25) is 0 Å². The molecule has 1 atom stereocenters. The van der Waals surface area contributed by atoms with Gasteiger partial charge in [-0.3, -0.25) is 0 Å². The lowest BCUT2D eigenvalue weighted by Gasteiger charge is -2.06. The molecule has 0 saturated carbocycles. The first-order valence-corrected chi connectivity index (χ1v) is 4.90. The lowest BCUT2D eigenvalue weighted by molar-refractivity contribution is 0.674. The van der Waals surface area contributed by atoms with Gasteiger partial charge in [-0.05, 0) is 25.1 Å². The topological polar surface area (TPSA) is 12.0 Å². The van der Waals surface area contributed by atoms with Crippen LogP contribution < -0.4 is 5.32 Å². The molecule has 1 fully saturated rings. The Labute approximate surface area is 61.6 Å². The molecule has 9 heavy (non-hydrogen) atoms. The highest BCUT2D eigenvalue weighted by Crippen LogP contribution is 2.10. The van der Waals surface area contributed by atoms with E-state index >= 15 is 0 Å². The quantitative estimate of drug-likeness (QED) is 0.646. The predicted octanol–water partition coefficient (Wildman–Crippen LogP) is 1.49. The van der Waals surface area contributed by atoms with E-state index < -0.39 is 0 Å². The van der Waals surface area contributed by atoms with Crippen LogP contribution in [0.5, 0.6) is 0 Å². The average molecular weight is 145 g/mol. The minimum absolute atomic E-state index is 0.829. The van der Waals surface area contributed by atoms with Crippen LogP contribution >= 0.6 is 11.8 Å². The van der Waals surface area contributed by atoms with Crippen molar-refractivity contribution in [1.82, 2.24) is 5.32 Å². The minimum Gasteiger partial charge on any atom is -0.313 e. The summed E-state index contributed by atoms with van der Waals surface area (Å²) in [5, 5.41) is 3.47. The van der Waals surface area contributed by atoms with E-state index in [2.05, 4.69) is 12.2 Å². The molecule has 0 bridgehead atoms. The Hall–Kier alpha value is 0.310. The monoisotopic (exact) mass is 145 g/mol. The van der Waals surface area contributed by atoms with Crippen molar-refractivity contribution < 1.29 is 0 Å². The molecule has 0 aromatic rings. The molecule has 1 rings (SSSR count). The van der Waals surface area contributed by atoms with Crippen molar-refractivity contribution in [3.05, 3.63) is 0 Å². The smallest absolute Gasteiger partial charge is 0.0158 e. The van der Waals surface area contributed by atoms with Crippen molar-refractivity contribution in [2.24, 2.45) is 0 Å². The van der Waals surface area contributed by atoms with E-state index in [1.54, 1.807) is 0 Å². The van der Waals surface area contributed by atoms with Crippen molar-refractivity contribution in [3.63, 3.8) is 0 Å². The molecule has 2 heteroatoms. The lowest BCUT2D eigenvalue weighted by Crippen LogP contribution is -2.23. The second-order valence-corrected chi connectivity index (χ2v) is 3.77. The summed E-state index contributed by atoms with van der Waals surface area (Å²) in [6.07, 6.45) is 2.78. The van der Waals surface area contributed by atoms with Crippen LogP contribution in [0.3, 0.4) is 0 Å². The van der Waals surface area contributed by atoms with Crippen LogP contribution in [0.4, 0.5) is 0 Å². The molecule has 1 aliphatic heterocycles. The Morgan fingerprint density at radius 2 is 2.56 bits per heavy atom. The Morgan fingerprint density at radius 1 is 1.67 bits per heavy atom. The van der Waals surface area contributed by atoms with E-state index in [0.717, 1.165) is 6.04 Å². The standard InChI is InChI=1S/C7H15NS/c1-2-9-6-7-4-3-5-8-7/h7-8H,2-6H2,1H3/t7-/m0/s1. The van der Waals surface area contributed by atoms with Gasteiger partial charge < -0.3 is 5.32 Å². The second-order valence-electron chi connectivity index (χ2n) is 2.45. The van der Waals surface area contributed by atoms with Gasteiger partial charge in [0, 0.05) is 11.8 Å². The summed E-state index contributed by atoms with van der Waals surface area (Å²) < 4.78 is 0. The zero-order valence-electron chi connectivity index (χ0n) is 6.02. The molecular weight excluding hydrogens is 130 g/mol. The number of hydrogen-bond donors (Lipinski definition) is 1. The molecule has 0 unspecified atom stereocenters. The summed E-state index contributed by atoms with van der Waals surface area (Å²) in [5.74, 6) is 2.58. The highest BCUT2D eigenvalue weighted by Gasteiger charge is 2.12. The molecule has 1 N–H and O–H groups in total. The summed E-state index contributed by atoms with van der Waals surface area (Å²) in [6, 6.07) is 0.829. The van der Waals surface area contributed by atoms with Gasteiger partial charge in [0.25, 0.3) is 0 Å². The molecular formula is C7H15NS. The molecule has 0 aromatic heterocycles. The van der Waals surface area contributed by atoms with E-state index in [1.165, 1.54) is 30.9 Å². The zero-order chi connectivity index (χ0) is 6.53. The fraction of sp³-hybridized carbons (Fsp3) is 1.00. The molecule has 0 radical (unpaired) electrons. The Morgan fingerprint density at radius 3 is 3.11 bits per heavy atom. The van der Waals surface area contributed by atoms with Crippen LogP contribution in [-0.4, -0.2) is 24.1 Å². The highest BCUT2D eigenvalue weighted by molar-refractivity contribution is 7.99. The maximum atomic E-state index is 3.47. The maximum absolute atomic E-state index is 3.47. The molecule has 1 nitrogen and oxygen atoms in total. The van der Waals surface area contributed by atoms with E-state index in [1.807, 2.05) is 11.8 Å². The normalized spacial score (nSPS) is 27.0. The van der Waals surface area contributed by atoms with Gasteiger partial charge >= 0.3 is 0 Å². The van der Waals surface area contributed by atoms with Crippen molar-refractivity contribution in [2.75, 3.05) is 18.1 Å². The van der Waals surface area contributed by atoms with Crippen LogP contribution in [0.1, 0.15) is 19.8 Å². The van der Waals surface area contributed by atoms with E-state index in [4.69, 9.17) is 0 Å². The Bertz CT molecular complexity index is 69.3. The first-order valence-electron chi connectivity index (χ1n) is 3.74.